The van der Waals surface area contributed by atoms with E-state index in [0.29, 0.717) is 18.2 Å². The molecule has 3 N–H and O–H groups in total. The molecule has 1 saturated heterocycles. The van der Waals surface area contributed by atoms with E-state index in [9.17, 15) is 9.59 Å². The minimum absolute atomic E-state index is 0.0312. The smallest absolute Gasteiger partial charge is 0.252 e. The molecule has 0 unspecified atom stereocenters. The Morgan fingerprint density at radius 2 is 2.00 bits per heavy atom. The van der Waals surface area contributed by atoms with Crippen molar-refractivity contribution in [3.05, 3.63) is 46.4 Å². The molecule has 2 aromatic rings. The van der Waals surface area contributed by atoms with Gasteiger partial charge in [0.15, 0.2) is 0 Å². The normalized spacial score (nSPS) is 15.3. The summed E-state index contributed by atoms with van der Waals surface area (Å²) in [6.45, 7) is 3.77. The predicted molar refractivity (Wildman–Crippen MR) is 104 cm³/mol. The highest BCUT2D eigenvalue weighted by atomic mass is 16.5. The highest BCUT2D eigenvalue weighted by Crippen LogP contribution is 2.16. The number of nitrogens with one attached hydrogen (secondary N) is 3. The second kappa shape index (κ2) is 8.68. The number of piperidine rings is 1. The summed E-state index contributed by atoms with van der Waals surface area (Å²) in [6.07, 6.45) is 1.76. The van der Waals surface area contributed by atoms with Crippen molar-refractivity contribution in [3.63, 3.8) is 0 Å². The maximum Gasteiger partial charge on any atom is 0.252 e. The van der Waals surface area contributed by atoms with Gasteiger partial charge in [0.05, 0.1) is 13.7 Å². The Bertz CT molecular complexity index is 826. The van der Waals surface area contributed by atoms with Crippen LogP contribution >= 0.6 is 0 Å². The van der Waals surface area contributed by atoms with Crippen LogP contribution in [0.3, 0.4) is 0 Å². The number of likely N-dealkylation sites (tertiary alicyclic amines) is 1. The van der Waals surface area contributed by atoms with Gasteiger partial charge in [-0.25, -0.2) is 4.98 Å². The molecule has 1 aliphatic rings. The molecule has 0 radical (unpaired) electrons. The van der Waals surface area contributed by atoms with Crippen molar-refractivity contribution in [2.45, 2.75) is 25.8 Å². The Morgan fingerprint density at radius 3 is 2.63 bits per heavy atom. The number of nitrogens with zero attached hydrogens (tertiary/aromatic N) is 2. The van der Waals surface area contributed by atoms with E-state index in [0.717, 1.165) is 37.4 Å². The molecule has 0 atom stereocenters. The fourth-order valence-electron chi connectivity index (χ4n) is 3.15. The minimum Gasteiger partial charge on any atom is -0.497 e. The average Bonchev–Trinajstić information content (AvgIpc) is 2.63. The number of aryl methyl sites for hydroxylation is 1. The number of benzene rings is 1. The summed E-state index contributed by atoms with van der Waals surface area (Å²) in [6, 6.07) is 8.98. The Hall–Kier alpha value is -2.87. The largest absolute Gasteiger partial charge is 0.497 e. The Kier molecular flexibility index (Phi) is 6.08. The Morgan fingerprint density at radius 1 is 1.30 bits per heavy atom. The Labute approximate surface area is 158 Å². The lowest BCUT2D eigenvalue weighted by molar-refractivity contribution is -0.117. The highest BCUT2D eigenvalue weighted by Gasteiger charge is 2.21. The number of methoxy groups -OCH3 is 1. The molecule has 1 fully saturated rings. The van der Waals surface area contributed by atoms with E-state index >= 15 is 0 Å². The standard InChI is InChI=1S/C19H25N5O3/c1-13-11-17(25)23-19(20-13)22-15-7-9-24(10-8-15)12-18(26)21-14-3-5-16(27-2)6-4-14/h3-6,11,15H,7-10,12H2,1-2H3,(H,21,26)(H2,20,22,23,25). The van der Waals surface area contributed by atoms with Crippen LogP contribution in [0.5, 0.6) is 5.75 Å². The molecule has 8 nitrogen and oxygen atoms in total. The van der Waals surface area contributed by atoms with Crippen LogP contribution in [0.1, 0.15) is 18.5 Å². The van der Waals surface area contributed by atoms with Gasteiger partial charge in [-0.05, 0) is 44.0 Å². The zero-order valence-electron chi connectivity index (χ0n) is 15.6. The van der Waals surface area contributed by atoms with Gasteiger partial charge in [0, 0.05) is 36.6 Å². The van der Waals surface area contributed by atoms with Crippen LogP contribution < -0.4 is 20.9 Å². The summed E-state index contributed by atoms with van der Waals surface area (Å²) in [4.78, 5) is 32.9. The molecule has 0 bridgehead atoms. The first-order chi connectivity index (χ1) is 13.0. The molecule has 144 valence electrons. The maximum absolute atomic E-state index is 12.2. The molecule has 1 aromatic carbocycles. The molecule has 2 heterocycles. The molecule has 0 aliphatic carbocycles. The third-order valence-electron chi connectivity index (χ3n) is 4.54. The quantitative estimate of drug-likeness (QED) is 0.713. The monoisotopic (exact) mass is 371 g/mol. The summed E-state index contributed by atoms with van der Waals surface area (Å²) < 4.78 is 5.11. The zero-order chi connectivity index (χ0) is 19.2. The lowest BCUT2D eigenvalue weighted by atomic mass is 10.1. The molecule has 0 saturated carbocycles. The molecular weight excluding hydrogens is 346 g/mol. The number of carbonyl (C=O) groups is 1. The van der Waals surface area contributed by atoms with Crippen molar-refractivity contribution in [1.29, 1.82) is 0 Å². The first-order valence-electron chi connectivity index (χ1n) is 9.02. The summed E-state index contributed by atoms with van der Waals surface area (Å²) in [5.74, 6) is 1.24. The van der Waals surface area contributed by atoms with Gasteiger partial charge in [0.2, 0.25) is 11.9 Å². The van der Waals surface area contributed by atoms with Crippen molar-refractivity contribution in [3.8, 4) is 5.75 Å². The van der Waals surface area contributed by atoms with Crippen molar-refractivity contribution < 1.29 is 9.53 Å². The molecular formula is C19H25N5O3. The van der Waals surface area contributed by atoms with E-state index in [1.165, 1.54) is 6.07 Å². The zero-order valence-corrected chi connectivity index (χ0v) is 15.6. The topological polar surface area (TPSA) is 99.3 Å². The van der Waals surface area contributed by atoms with Gasteiger partial charge in [-0.15, -0.1) is 0 Å². The maximum atomic E-state index is 12.2. The van der Waals surface area contributed by atoms with Crippen molar-refractivity contribution in [2.75, 3.05) is 37.4 Å². The molecule has 0 spiro atoms. The van der Waals surface area contributed by atoms with Crippen LogP contribution in [0, 0.1) is 6.92 Å². The number of aromatic amines is 1. The first kappa shape index (κ1) is 18.9. The third kappa shape index (κ3) is 5.55. The van der Waals surface area contributed by atoms with Crippen LogP contribution in [-0.2, 0) is 4.79 Å². The lowest BCUT2D eigenvalue weighted by Gasteiger charge is -2.31. The van der Waals surface area contributed by atoms with Crippen LogP contribution in [0.15, 0.2) is 35.1 Å². The second-order valence-electron chi connectivity index (χ2n) is 6.71. The number of ether oxygens (including phenoxy) is 1. The predicted octanol–water partition coefficient (Wildman–Crippen LogP) is 1.60. The average molecular weight is 371 g/mol. The number of rotatable bonds is 6. The molecule has 1 aromatic heterocycles. The highest BCUT2D eigenvalue weighted by molar-refractivity contribution is 5.92. The summed E-state index contributed by atoms with van der Waals surface area (Å²) in [7, 11) is 1.61. The van der Waals surface area contributed by atoms with E-state index in [2.05, 4.69) is 25.5 Å². The van der Waals surface area contributed by atoms with Crippen LogP contribution in [0.25, 0.3) is 0 Å². The van der Waals surface area contributed by atoms with Crippen LogP contribution in [0.2, 0.25) is 0 Å². The first-order valence-corrected chi connectivity index (χ1v) is 9.02. The molecule has 1 aliphatic heterocycles. The number of carbonyl (C=O) groups excluding carboxylic acids is 1. The van der Waals surface area contributed by atoms with Crippen molar-refractivity contribution in [2.24, 2.45) is 0 Å². The Balaban J connectivity index is 1.44. The van der Waals surface area contributed by atoms with Crippen molar-refractivity contribution in [1.82, 2.24) is 14.9 Å². The van der Waals surface area contributed by atoms with Crippen LogP contribution in [0.4, 0.5) is 11.6 Å². The molecule has 27 heavy (non-hydrogen) atoms. The van der Waals surface area contributed by atoms with E-state index in [1.807, 2.05) is 24.3 Å². The summed E-state index contributed by atoms with van der Waals surface area (Å²) in [5, 5.41) is 6.18. The van der Waals surface area contributed by atoms with Gasteiger partial charge in [0.1, 0.15) is 5.75 Å². The van der Waals surface area contributed by atoms with Gasteiger partial charge >= 0.3 is 0 Å². The molecule has 1 amide bonds. The van der Waals surface area contributed by atoms with E-state index in [-0.39, 0.29) is 17.5 Å². The second-order valence-corrected chi connectivity index (χ2v) is 6.71. The summed E-state index contributed by atoms with van der Waals surface area (Å²) in [5.41, 5.74) is 1.29. The number of hydrogen-bond acceptors (Lipinski definition) is 6. The van der Waals surface area contributed by atoms with Crippen LogP contribution in [-0.4, -0.2) is 53.6 Å². The SMILES string of the molecule is COc1ccc(NC(=O)CN2CCC(Nc3nc(C)cc(=O)[nH]3)CC2)cc1. The van der Waals surface area contributed by atoms with E-state index in [4.69, 9.17) is 4.74 Å². The summed E-state index contributed by atoms with van der Waals surface area (Å²) >= 11 is 0. The van der Waals surface area contributed by atoms with Gasteiger partial charge < -0.3 is 15.4 Å². The number of amides is 1. The van der Waals surface area contributed by atoms with E-state index in [1.54, 1.807) is 14.0 Å². The molecule has 8 heteroatoms. The number of H-pyrrole nitrogens is 1. The van der Waals surface area contributed by atoms with Gasteiger partial charge in [-0.3, -0.25) is 19.5 Å². The number of aromatic nitrogens is 2. The fourth-order valence-corrected chi connectivity index (χ4v) is 3.15. The lowest BCUT2D eigenvalue weighted by Crippen LogP contribution is -2.43. The van der Waals surface area contributed by atoms with Gasteiger partial charge in [-0.2, -0.15) is 0 Å². The number of anilines is 2. The molecule has 3 rings (SSSR count). The van der Waals surface area contributed by atoms with Gasteiger partial charge in [0.25, 0.3) is 5.56 Å². The van der Waals surface area contributed by atoms with E-state index < -0.39 is 0 Å². The third-order valence-corrected chi connectivity index (χ3v) is 4.54. The minimum atomic E-state index is -0.155. The van der Waals surface area contributed by atoms with Gasteiger partial charge in [-0.1, -0.05) is 0 Å². The van der Waals surface area contributed by atoms with Crippen molar-refractivity contribution >= 4 is 17.5 Å². The number of hydrogen-bond donors (Lipinski definition) is 3. The fraction of sp³-hybridized carbons (Fsp3) is 0.421.